The van der Waals surface area contributed by atoms with E-state index in [1.807, 2.05) is 0 Å². The molecule has 2 aliphatic rings. The number of hydrogen-bond acceptors (Lipinski definition) is 4. The molecule has 2 aliphatic heterocycles. The van der Waals surface area contributed by atoms with E-state index in [2.05, 4.69) is 38.3 Å². The molecule has 0 aromatic rings. The smallest absolute Gasteiger partial charge is 0.0701 e. The van der Waals surface area contributed by atoms with Crippen LogP contribution >= 0.6 is 0 Å². The van der Waals surface area contributed by atoms with Crippen LogP contribution in [-0.4, -0.2) is 50.6 Å². The Balaban J connectivity index is 0.000000180. The minimum Gasteiger partial charge on any atom is -0.373 e. The third-order valence-corrected chi connectivity index (χ3v) is 3.37. The molecule has 0 spiro atoms. The molecule has 0 aromatic heterocycles. The van der Waals surface area contributed by atoms with Crippen LogP contribution in [0.5, 0.6) is 0 Å². The highest BCUT2D eigenvalue weighted by molar-refractivity contribution is 4.70. The van der Waals surface area contributed by atoms with E-state index < -0.39 is 0 Å². The van der Waals surface area contributed by atoms with Gasteiger partial charge in [0.1, 0.15) is 0 Å². The van der Waals surface area contributed by atoms with Gasteiger partial charge in [-0.25, -0.2) is 0 Å². The molecule has 108 valence electrons. The summed E-state index contributed by atoms with van der Waals surface area (Å²) < 4.78 is 11.1. The molecule has 0 aromatic carbocycles. The van der Waals surface area contributed by atoms with E-state index in [0.29, 0.717) is 24.4 Å². The standard InChI is InChI=1S/2C7H15NO/c2*1-3-7-5-8-4-6(2)9-7/h2*6-8H,3-5H2,1-2H3/t2*6-,7+/m10/s1. The Morgan fingerprint density at radius 3 is 1.39 bits per heavy atom. The summed E-state index contributed by atoms with van der Waals surface area (Å²) in [6.07, 6.45) is 3.96. The Hall–Kier alpha value is -0.160. The topological polar surface area (TPSA) is 42.5 Å². The molecule has 4 heteroatoms. The Bertz CT molecular complexity index is 192. The second-order valence-electron chi connectivity index (χ2n) is 5.27. The summed E-state index contributed by atoms with van der Waals surface area (Å²) in [6.45, 7) is 12.6. The zero-order valence-corrected chi connectivity index (χ0v) is 12.4. The van der Waals surface area contributed by atoms with Crippen molar-refractivity contribution in [2.24, 2.45) is 0 Å². The van der Waals surface area contributed by atoms with Crippen molar-refractivity contribution in [1.29, 1.82) is 0 Å². The Morgan fingerprint density at radius 2 is 1.17 bits per heavy atom. The van der Waals surface area contributed by atoms with E-state index in [9.17, 15) is 0 Å². The van der Waals surface area contributed by atoms with Gasteiger partial charge in [-0.1, -0.05) is 13.8 Å². The summed E-state index contributed by atoms with van der Waals surface area (Å²) in [7, 11) is 0. The van der Waals surface area contributed by atoms with Crippen LogP contribution in [0.2, 0.25) is 0 Å². The number of nitrogens with one attached hydrogen (secondary N) is 2. The average molecular weight is 258 g/mol. The molecule has 0 aliphatic carbocycles. The molecule has 2 N–H and O–H groups in total. The zero-order valence-electron chi connectivity index (χ0n) is 12.4. The molecule has 2 fully saturated rings. The molecule has 0 saturated carbocycles. The van der Waals surface area contributed by atoms with E-state index in [0.717, 1.165) is 39.0 Å². The summed E-state index contributed by atoms with van der Waals surface area (Å²) in [5, 5.41) is 6.62. The van der Waals surface area contributed by atoms with Gasteiger partial charge in [-0.05, 0) is 26.7 Å². The van der Waals surface area contributed by atoms with Crippen molar-refractivity contribution in [2.75, 3.05) is 26.2 Å². The van der Waals surface area contributed by atoms with Crippen LogP contribution in [0.1, 0.15) is 40.5 Å². The maximum atomic E-state index is 5.57. The molecule has 2 heterocycles. The lowest BCUT2D eigenvalue weighted by Crippen LogP contribution is -2.42. The largest absolute Gasteiger partial charge is 0.373 e. The molecule has 4 atom stereocenters. The lowest BCUT2D eigenvalue weighted by Gasteiger charge is -2.27. The maximum absolute atomic E-state index is 5.57. The highest BCUT2D eigenvalue weighted by Crippen LogP contribution is 2.05. The van der Waals surface area contributed by atoms with Gasteiger partial charge in [0.05, 0.1) is 24.4 Å². The first-order valence-corrected chi connectivity index (χ1v) is 7.38. The molecule has 2 saturated heterocycles. The highest BCUT2D eigenvalue weighted by Gasteiger charge is 2.16. The first kappa shape index (κ1) is 15.9. The van der Waals surface area contributed by atoms with Gasteiger partial charge in [-0.15, -0.1) is 0 Å². The van der Waals surface area contributed by atoms with E-state index in [1.54, 1.807) is 0 Å². The summed E-state index contributed by atoms with van der Waals surface area (Å²) in [5.74, 6) is 0. The molecular formula is C14H30N2O2. The van der Waals surface area contributed by atoms with E-state index >= 15 is 0 Å². The van der Waals surface area contributed by atoms with Crippen LogP contribution in [0.4, 0.5) is 0 Å². The quantitative estimate of drug-likeness (QED) is 0.788. The van der Waals surface area contributed by atoms with Crippen LogP contribution in [-0.2, 0) is 9.47 Å². The van der Waals surface area contributed by atoms with Crippen LogP contribution in [0.25, 0.3) is 0 Å². The number of morpholine rings is 2. The van der Waals surface area contributed by atoms with Crippen molar-refractivity contribution < 1.29 is 9.47 Å². The zero-order chi connectivity index (χ0) is 13.4. The van der Waals surface area contributed by atoms with Crippen molar-refractivity contribution in [3.05, 3.63) is 0 Å². The molecular weight excluding hydrogens is 228 g/mol. The average Bonchev–Trinajstić information content (AvgIpc) is 2.39. The van der Waals surface area contributed by atoms with Gasteiger partial charge in [0.15, 0.2) is 0 Å². The van der Waals surface area contributed by atoms with E-state index in [1.165, 1.54) is 0 Å². The minimum atomic E-state index is 0.406. The van der Waals surface area contributed by atoms with Crippen molar-refractivity contribution in [3.63, 3.8) is 0 Å². The SMILES string of the molecule is CC[C@@H]1CNC[C@H](C)O1.CC[C@H]1CNC[C@@H](C)O1. The summed E-state index contributed by atoms with van der Waals surface area (Å²) >= 11 is 0. The molecule has 4 nitrogen and oxygen atoms in total. The van der Waals surface area contributed by atoms with Gasteiger partial charge >= 0.3 is 0 Å². The second kappa shape index (κ2) is 8.86. The summed E-state index contributed by atoms with van der Waals surface area (Å²) in [5.41, 5.74) is 0. The minimum absolute atomic E-state index is 0.406. The van der Waals surface area contributed by atoms with Crippen LogP contribution in [0.3, 0.4) is 0 Å². The molecule has 2 rings (SSSR count). The fourth-order valence-corrected chi connectivity index (χ4v) is 2.23. The molecule has 0 amide bonds. The number of hydrogen-bond donors (Lipinski definition) is 2. The van der Waals surface area contributed by atoms with Gasteiger partial charge in [-0.3, -0.25) is 0 Å². The third-order valence-electron chi connectivity index (χ3n) is 3.37. The van der Waals surface area contributed by atoms with Crippen molar-refractivity contribution in [2.45, 2.75) is 65.0 Å². The fourth-order valence-electron chi connectivity index (χ4n) is 2.23. The number of rotatable bonds is 2. The lowest BCUT2D eigenvalue weighted by molar-refractivity contribution is -0.0285. The van der Waals surface area contributed by atoms with Crippen LogP contribution in [0, 0.1) is 0 Å². The van der Waals surface area contributed by atoms with Gasteiger partial charge < -0.3 is 20.1 Å². The van der Waals surface area contributed by atoms with Gasteiger partial charge in [0.25, 0.3) is 0 Å². The highest BCUT2D eigenvalue weighted by atomic mass is 16.5. The monoisotopic (exact) mass is 258 g/mol. The Morgan fingerprint density at radius 1 is 0.778 bits per heavy atom. The normalized spacial score (nSPS) is 36.7. The van der Waals surface area contributed by atoms with Crippen molar-refractivity contribution >= 4 is 0 Å². The van der Waals surface area contributed by atoms with Crippen LogP contribution < -0.4 is 10.6 Å². The first-order valence-electron chi connectivity index (χ1n) is 7.38. The van der Waals surface area contributed by atoms with Gasteiger partial charge in [0.2, 0.25) is 0 Å². The predicted octanol–water partition coefficient (Wildman–Crippen LogP) is 1.55. The second-order valence-corrected chi connectivity index (χ2v) is 5.27. The maximum Gasteiger partial charge on any atom is 0.0701 e. The van der Waals surface area contributed by atoms with Gasteiger partial charge in [-0.2, -0.15) is 0 Å². The van der Waals surface area contributed by atoms with Crippen LogP contribution in [0.15, 0.2) is 0 Å². The van der Waals surface area contributed by atoms with Gasteiger partial charge in [0, 0.05) is 26.2 Å². The summed E-state index contributed by atoms with van der Waals surface area (Å²) in [6, 6.07) is 0. The Kier molecular flexibility index (Phi) is 7.82. The first-order chi connectivity index (χ1) is 8.65. The molecule has 0 radical (unpaired) electrons. The lowest BCUT2D eigenvalue weighted by atomic mass is 10.2. The van der Waals surface area contributed by atoms with E-state index in [-0.39, 0.29) is 0 Å². The molecule has 18 heavy (non-hydrogen) atoms. The van der Waals surface area contributed by atoms with E-state index in [4.69, 9.17) is 9.47 Å². The molecule has 0 unspecified atom stereocenters. The Labute approximate surface area is 112 Å². The summed E-state index contributed by atoms with van der Waals surface area (Å²) in [4.78, 5) is 0. The van der Waals surface area contributed by atoms with Crippen molar-refractivity contribution in [1.82, 2.24) is 10.6 Å². The fraction of sp³-hybridized carbons (Fsp3) is 1.00. The van der Waals surface area contributed by atoms with Crippen molar-refractivity contribution in [3.8, 4) is 0 Å². The number of ether oxygens (including phenoxy) is 2. The third kappa shape index (κ3) is 6.14. The predicted molar refractivity (Wildman–Crippen MR) is 75.0 cm³/mol. The molecule has 0 bridgehead atoms.